The lowest BCUT2D eigenvalue weighted by Gasteiger charge is -2.25. The third-order valence-electron chi connectivity index (χ3n) is 4.89. The van der Waals surface area contributed by atoms with Gasteiger partial charge in [-0.25, -0.2) is 4.79 Å². The first-order valence-corrected chi connectivity index (χ1v) is 11.0. The van der Waals surface area contributed by atoms with E-state index >= 15 is 0 Å². The molecular weight excluding hydrogens is 500 g/mol. The van der Waals surface area contributed by atoms with E-state index in [1.807, 2.05) is 5.32 Å². The van der Waals surface area contributed by atoms with Gasteiger partial charge in [0.1, 0.15) is 18.1 Å². The summed E-state index contributed by atoms with van der Waals surface area (Å²) in [4.78, 5) is 93.1. The first kappa shape index (κ1) is 32.7. The number of rotatable bonds is 19. The molecule has 0 aliphatic carbocycles. The van der Waals surface area contributed by atoms with Crippen molar-refractivity contribution in [3.63, 3.8) is 0 Å². The van der Waals surface area contributed by atoms with Gasteiger partial charge >= 0.3 is 17.9 Å². The standard InChI is InChI=1S/C20H32N6O11/c21-9(1-5-13(22)27)17(33)24-10(2-6-14(23)28)18(34)25-11(3-7-15(29)30)19(35)26-12(20(36)37)4-8-16(31)32/h9-12H,1-8,21H2,(H2,22,27)(H2,23,28)(H,24,33)(H,25,34)(H,26,35)(H,29,30)(H,31,32)(H,36,37). The second-order valence-electron chi connectivity index (χ2n) is 8.00. The van der Waals surface area contributed by atoms with E-state index in [9.17, 15) is 43.5 Å². The molecule has 0 rings (SSSR count). The summed E-state index contributed by atoms with van der Waals surface area (Å²) in [7, 11) is 0. The van der Waals surface area contributed by atoms with Crippen molar-refractivity contribution in [2.24, 2.45) is 17.2 Å². The minimum absolute atomic E-state index is 0.151. The number of hydrogen-bond acceptors (Lipinski definition) is 9. The highest BCUT2D eigenvalue weighted by atomic mass is 16.4. The van der Waals surface area contributed by atoms with E-state index in [1.54, 1.807) is 0 Å². The van der Waals surface area contributed by atoms with Crippen LogP contribution in [0.3, 0.4) is 0 Å². The monoisotopic (exact) mass is 532 g/mol. The smallest absolute Gasteiger partial charge is 0.326 e. The molecule has 12 N–H and O–H groups in total. The zero-order valence-electron chi connectivity index (χ0n) is 19.8. The molecule has 4 unspecified atom stereocenters. The fourth-order valence-electron chi connectivity index (χ4n) is 2.87. The maximum atomic E-state index is 12.9. The van der Waals surface area contributed by atoms with Crippen molar-refractivity contribution in [2.75, 3.05) is 0 Å². The molecule has 0 spiro atoms. The fraction of sp³-hybridized carbons (Fsp3) is 0.600. The number of primary amides is 2. The average Bonchev–Trinajstić information content (AvgIpc) is 2.79. The molecule has 5 amide bonds. The topological polar surface area (TPSA) is 311 Å². The van der Waals surface area contributed by atoms with Gasteiger partial charge in [-0.1, -0.05) is 0 Å². The van der Waals surface area contributed by atoms with Gasteiger partial charge in [-0.2, -0.15) is 0 Å². The highest BCUT2D eigenvalue weighted by molar-refractivity contribution is 5.94. The van der Waals surface area contributed by atoms with Crippen molar-refractivity contribution in [3.05, 3.63) is 0 Å². The number of amides is 5. The quantitative estimate of drug-likeness (QED) is 0.0771. The minimum atomic E-state index is -1.65. The molecule has 0 fully saturated rings. The van der Waals surface area contributed by atoms with Crippen LogP contribution in [0, 0.1) is 0 Å². The van der Waals surface area contributed by atoms with Crippen LogP contribution in [0.25, 0.3) is 0 Å². The van der Waals surface area contributed by atoms with Gasteiger partial charge in [0.05, 0.1) is 6.04 Å². The molecule has 208 valence electrons. The number of carbonyl (C=O) groups is 8. The SMILES string of the molecule is NC(=O)CCC(N)C(=O)NC(CCC(N)=O)C(=O)NC(CCC(=O)O)C(=O)NC(CCC(=O)O)C(=O)O. The van der Waals surface area contributed by atoms with Crippen LogP contribution in [0.4, 0.5) is 0 Å². The van der Waals surface area contributed by atoms with Crippen LogP contribution in [0.1, 0.15) is 51.4 Å². The highest BCUT2D eigenvalue weighted by Gasteiger charge is 2.31. The number of carbonyl (C=O) groups excluding carboxylic acids is 5. The molecule has 0 aromatic rings. The Kier molecular flexibility index (Phi) is 14.5. The van der Waals surface area contributed by atoms with E-state index in [1.165, 1.54) is 0 Å². The first-order valence-electron chi connectivity index (χ1n) is 11.0. The van der Waals surface area contributed by atoms with Gasteiger partial charge in [0, 0.05) is 25.7 Å². The van der Waals surface area contributed by atoms with Gasteiger partial charge in [0.25, 0.3) is 0 Å². The third-order valence-corrected chi connectivity index (χ3v) is 4.89. The molecule has 4 atom stereocenters. The van der Waals surface area contributed by atoms with Crippen LogP contribution in [0.2, 0.25) is 0 Å². The predicted molar refractivity (Wildman–Crippen MR) is 122 cm³/mol. The van der Waals surface area contributed by atoms with Crippen LogP contribution in [-0.4, -0.2) is 86.9 Å². The van der Waals surface area contributed by atoms with E-state index in [-0.39, 0.29) is 25.7 Å². The number of hydrogen-bond donors (Lipinski definition) is 9. The third kappa shape index (κ3) is 14.7. The molecule has 17 heteroatoms. The maximum Gasteiger partial charge on any atom is 0.326 e. The first-order chi connectivity index (χ1) is 17.1. The van der Waals surface area contributed by atoms with E-state index in [4.69, 9.17) is 27.4 Å². The van der Waals surface area contributed by atoms with Crippen molar-refractivity contribution in [3.8, 4) is 0 Å². The van der Waals surface area contributed by atoms with Gasteiger partial charge in [-0.3, -0.25) is 33.6 Å². The molecule has 37 heavy (non-hydrogen) atoms. The molecule has 0 aromatic carbocycles. The Balaban J connectivity index is 5.64. The van der Waals surface area contributed by atoms with E-state index in [2.05, 4.69) is 10.6 Å². The average molecular weight is 533 g/mol. The molecule has 17 nitrogen and oxygen atoms in total. The Hall–Kier alpha value is -4.28. The van der Waals surface area contributed by atoms with Crippen LogP contribution in [0.15, 0.2) is 0 Å². The minimum Gasteiger partial charge on any atom is -0.481 e. The van der Waals surface area contributed by atoms with Crippen molar-refractivity contribution in [1.29, 1.82) is 0 Å². The summed E-state index contributed by atoms with van der Waals surface area (Å²) in [6, 6.07) is -5.98. The molecule has 0 radical (unpaired) electrons. The van der Waals surface area contributed by atoms with E-state index < -0.39 is 97.3 Å². The van der Waals surface area contributed by atoms with Crippen LogP contribution < -0.4 is 33.2 Å². The molecule has 0 saturated heterocycles. The second kappa shape index (κ2) is 16.4. The Labute approximate surface area is 210 Å². The Morgan fingerprint density at radius 3 is 1.30 bits per heavy atom. The number of carboxylic acid groups (broad SMARTS) is 3. The number of carboxylic acids is 3. The molecule has 0 bridgehead atoms. The van der Waals surface area contributed by atoms with Gasteiger partial charge in [-0.05, 0) is 25.7 Å². The molecule has 0 saturated carbocycles. The predicted octanol–water partition coefficient (Wildman–Crippen LogP) is -3.89. The zero-order valence-corrected chi connectivity index (χ0v) is 19.8. The van der Waals surface area contributed by atoms with Gasteiger partial charge in [0.2, 0.25) is 29.5 Å². The van der Waals surface area contributed by atoms with Crippen LogP contribution in [0.5, 0.6) is 0 Å². The van der Waals surface area contributed by atoms with Gasteiger partial charge in [0.15, 0.2) is 0 Å². The summed E-state index contributed by atoms with van der Waals surface area (Å²) in [6.07, 6.45) is -3.29. The number of nitrogens with one attached hydrogen (secondary N) is 3. The van der Waals surface area contributed by atoms with Crippen molar-refractivity contribution < 1.29 is 53.7 Å². The maximum absolute atomic E-state index is 12.9. The molecule has 0 aliphatic rings. The summed E-state index contributed by atoms with van der Waals surface area (Å²) in [6.45, 7) is 0. The van der Waals surface area contributed by atoms with Crippen molar-refractivity contribution >= 4 is 47.4 Å². The summed E-state index contributed by atoms with van der Waals surface area (Å²) in [5.74, 6) is -8.82. The molecular formula is C20H32N6O11. The molecule has 0 heterocycles. The normalized spacial score (nSPS) is 13.8. The lowest BCUT2D eigenvalue weighted by Crippen LogP contribution is -2.57. The summed E-state index contributed by atoms with van der Waals surface area (Å²) >= 11 is 0. The largest absolute Gasteiger partial charge is 0.481 e. The Bertz CT molecular complexity index is 894. The van der Waals surface area contributed by atoms with Gasteiger partial charge < -0.3 is 48.5 Å². The van der Waals surface area contributed by atoms with Crippen molar-refractivity contribution in [2.45, 2.75) is 75.5 Å². The Morgan fingerprint density at radius 2 is 0.892 bits per heavy atom. The highest BCUT2D eigenvalue weighted by Crippen LogP contribution is 2.06. The summed E-state index contributed by atoms with van der Waals surface area (Å²) < 4.78 is 0. The number of aliphatic carboxylic acids is 3. The molecule has 0 aromatic heterocycles. The lowest BCUT2D eigenvalue weighted by atomic mass is 10.0. The second-order valence-corrected chi connectivity index (χ2v) is 8.00. The Morgan fingerprint density at radius 1 is 0.541 bits per heavy atom. The van der Waals surface area contributed by atoms with E-state index in [0.717, 1.165) is 0 Å². The lowest BCUT2D eigenvalue weighted by molar-refractivity contribution is -0.144. The van der Waals surface area contributed by atoms with Crippen LogP contribution >= 0.6 is 0 Å². The van der Waals surface area contributed by atoms with Crippen LogP contribution in [-0.2, 0) is 38.4 Å². The van der Waals surface area contributed by atoms with E-state index in [0.29, 0.717) is 0 Å². The van der Waals surface area contributed by atoms with Crippen molar-refractivity contribution in [1.82, 2.24) is 16.0 Å². The summed E-state index contributed by atoms with van der Waals surface area (Å²) in [5.41, 5.74) is 15.8. The zero-order chi connectivity index (χ0) is 28.7. The molecule has 0 aliphatic heterocycles. The van der Waals surface area contributed by atoms with Gasteiger partial charge in [-0.15, -0.1) is 0 Å². The summed E-state index contributed by atoms with van der Waals surface area (Å²) in [5, 5.41) is 33.4. The number of nitrogens with two attached hydrogens (primary N) is 3. The fourth-order valence-corrected chi connectivity index (χ4v) is 2.87.